The van der Waals surface area contributed by atoms with Gasteiger partial charge in [-0.3, -0.25) is 4.79 Å². The zero-order valence-corrected chi connectivity index (χ0v) is 13.6. The molecule has 0 spiro atoms. The minimum Gasteiger partial charge on any atom is -0.503 e. The maximum absolute atomic E-state index is 12.0. The Morgan fingerprint density at radius 3 is 2.83 bits per heavy atom. The Hall–Kier alpha value is -2.53. The van der Waals surface area contributed by atoms with Crippen LogP contribution in [0.2, 0.25) is 5.02 Å². The third-order valence-electron chi connectivity index (χ3n) is 3.12. The summed E-state index contributed by atoms with van der Waals surface area (Å²) in [5.74, 6) is -0.143. The van der Waals surface area contributed by atoms with Crippen molar-refractivity contribution in [1.29, 1.82) is 0 Å². The molecule has 0 radical (unpaired) electrons. The number of benzene rings is 2. The fourth-order valence-electron chi connectivity index (χ4n) is 1.99. The lowest BCUT2D eigenvalue weighted by molar-refractivity contribution is 0.0954. The molecule has 0 aliphatic rings. The highest BCUT2D eigenvalue weighted by molar-refractivity contribution is 6.32. The Morgan fingerprint density at radius 2 is 2.13 bits per heavy atom. The lowest BCUT2D eigenvalue weighted by atomic mass is 10.1. The van der Waals surface area contributed by atoms with Gasteiger partial charge in [-0.05, 0) is 43.2 Å². The summed E-state index contributed by atoms with van der Waals surface area (Å²) in [5, 5.41) is 13.8. The molecule has 23 heavy (non-hydrogen) atoms. The second kappa shape index (κ2) is 7.65. The molecule has 0 heterocycles. The van der Waals surface area contributed by atoms with Crippen LogP contribution in [0, 0.1) is 6.92 Å². The average molecular weight is 333 g/mol. The van der Waals surface area contributed by atoms with Gasteiger partial charge in [-0.1, -0.05) is 29.8 Å². The molecule has 2 N–H and O–H groups in total. The van der Waals surface area contributed by atoms with E-state index in [1.54, 1.807) is 25.1 Å². The van der Waals surface area contributed by atoms with Crippen LogP contribution in [-0.4, -0.2) is 23.8 Å². The SMILES string of the molecule is CCOc1cc(/C=N/NC(=O)c2ccccc2C)cc(Cl)c1O. The number of hydrogen-bond donors (Lipinski definition) is 2. The fourth-order valence-corrected chi connectivity index (χ4v) is 2.21. The van der Waals surface area contributed by atoms with E-state index in [1.165, 1.54) is 12.3 Å². The second-order valence-electron chi connectivity index (χ2n) is 4.80. The third kappa shape index (κ3) is 4.23. The maximum Gasteiger partial charge on any atom is 0.271 e. The van der Waals surface area contributed by atoms with Gasteiger partial charge in [-0.2, -0.15) is 5.10 Å². The van der Waals surface area contributed by atoms with Gasteiger partial charge in [-0.15, -0.1) is 0 Å². The zero-order valence-electron chi connectivity index (χ0n) is 12.8. The number of ether oxygens (including phenoxy) is 1. The minimum atomic E-state index is -0.297. The first-order valence-electron chi connectivity index (χ1n) is 7.07. The van der Waals surface area contributed by atoms with Crippen molar-refractivity contribution in [1.82, 2.24) is 5.43 Å². The molecule has 0 atom stereocenters. The van der Waals surface area contributed by atoms with Gasteiger partial charge in [0, 0.05) is 5.56 Å². The summed E-state index contributed by atoms with van der Waals surface area (Å²) in [6.07, 6.45) is 1.43. The van der Waals surface area contributed by atoms with Crippen molar-refractivity contribution >= 4 is 23.7 Å². The molecule has 0 aliphatic carbocycles. The van der Waals surface area contributed by atoms with Crippen LogP contribution in [0.25, 0.3) is 0 Å². The summed E-state index contributed by atoms with van der Waals surface area (Å²) in [5.41, 5.74) is 4.48. The number of phenolic OH excluding ortho intramolecular Hbond substituents is 1. The first-order valence-corrected chi connectivity index (χ1v) is 7.45. The molecule has 0 aromatic heterocycles. The monoisotopic (exact) mass is 332 g/mol. The van der Waals surface area contributed by atoms with E-state index in [2.05, 4.69) is 10.5 Å². The molecule has 1 amide bonds. The van der Waals surface area contributed by atoms with E-state index in [9.17, 15) is 9.90 Å². The quantitative estimate of drug-likeness (QED) is 0.650. The number of nitrogens with zero attached hydrogens (tertiary/aromatic N) is 1. The van der Waals surface area contributed by atoms with E-state index in [1.807, 2.05) is 19.1 Å². The number of carbonyl (C=O) groups is 1. The minimum absolute atomic E-state index is 0.116. The largest absolute Gasteiger partial charge is 0.503 e. The van der Waals surface area contributed by atoms with Gasteiger partial charge in [0.25, 0.3) is 5.91 Å². The summed E-state index contributed by atoms with van der Waals surface area (Å²) in [6, 6.07) is 10.4. The Morgan fingerprint density at radius 1 is 1.39 bits per heavy atom. The Balaban J connectivity index is 2.12. The van der Waals surface area contributed by atoms with Crippen molar-refractivity contribution in [2.45, 2.75) is 13.8 Å². The number of hydrogen-bond acceptors (Lipinski definition) is 4. The number of aryl methyl sites for hydroxylation is 1. The molecule has 0 fully saturated rings. The van der Waals surface area contributed by atoms with Crippen LogP contribution in [0.3, 0.4) is 0 Å². The lowest BCUT2D eigenvalue weighted by Crippen LogP contribution is -2.18. The van der Waals surface area contributed by atoms with Crippen molar-refractivity contribution in [3.8, 4) is 11.5 Å². The summed E-state index contributed by atoms with van der Waals surface area (Å²) in [4.78, 5) is 12.0. The van der Waals surface area contributed by atoms with Crippen molar-refractivity contribution in [3.05, 3.63) is 58.1 Å². The highest BCUT2D eigenvalue weighted by atomic mass is 35.5. The lowest BCUT2D eigenvalue weighted by Gasteiger charge is -2.08. The van der Waals surface area contributed by atoms with Crippen molar-refractivity contribution < 1.29 is 14.6 Å². The average Bonchev–Trinajstić information content (AvgIpc) is 2.52. The number of amides is 1. The number of rotatable bonds is 5. The van der Waals surface area contributed by atoms with E-state index >= 15 is 0 Å². The van der Waals surface area contributed by atoms with Gasteiger partial charge in [0.1, 0.15) is 0 Å². The predicted octanol–water partition coefficient (Wildman–Crippen LogP) is 3.52. The Bertz CT molecular complexity index is 745. The van der Waals surface area contributed by atoms with Crippen molar-refractivity contribution in [3.63, 3.8) is 0 Å². The highest BCUT2D eigenvalue weighted by Gasteiger charge is 2.09. The molecule has 5 nitrogen and oxygen atoms in total. The van der Waals surface area contributed by atoms with E-state index in [-0.39, 0.29) is 22.4 Å². The maximum atomic E-state index is 12.0. The Kier molecular flexibility index (Phi) is 5.60. The van der Waals surface area contributed by atoms with Crippen molar-refractivity contribution in [2.24, 2.45) is 5.10 Å². The van der Waals surface area contributed by atoms with Gasteiger partial charge in [-0.25, -0.2) is 5.43 Å². The van der Waals surface area contributed by atoms with Crippen LogP contribution < -0.4 is 10.2 Å². The summed E-state index contributed by atoms with van der Waals surface area (Å²) in [6.45, 7) is 4.05. The predicted molar refractivity (Wildman–Crippen MR) is 90.5 cm³/mol. The van der Waals surface area contributed by atoms with E-state index in [0.29, 0.717) is 17.7 Å². The molecule has 120 valence electrons. The summed E-state index contributed by atoms with van der Waals surface area (Å²) < 4.78 is 5.29. The standard InChI is InChI=1S/C17H17ClN2O3/c1-3-23-15-9-12(8-14(18)16(15)21)10-19-20-17(22)13-7-5-4-6-11(13)2/h4-10,21H,3H2,1-2H3,(H,20,22)/b19-10+. The smallest absolute Gasteiger partial charge is 0.271 e. The molecule has 2 rings (SSSR count). The summed E-state index contributed by atoms with van der Waals surface area (Å²) >= 11 is 5.93. The van der Waals surface area contributed by atoms with Gasteiger partial charge in [0.05, 0.1) is 17.8 Å². The van der Waals surface area contributed by atoms with Crippen LogP contribution in [-0.2, 0) is 0 Å². The molecular formula is C17H17ClN2O3. The van der Waals surface area contributed by atoms with E-state index in [0.717, 1.165) is 5.56 Å². The van der Waals surface area contributed by atoms with Crippen LogP contribution in [0.5, 0.6) is 11.5 Å². The van der Waals surface area contributed by atoms with Crippen LogP contribution in [0.15, 0.2) is 41.5 Å². The topological polar surface area (TPSA) is 70.9 Å². The number of aromatic hydroxyl groups is 1. The van der Waals surface area contributed by atoms with E-state index in [4.69, 9.17) is 16.3 Å². The fraction of sp³-hybridized carbons (Fsp3) is 0.176. The second-order valence-corrected chi connectivity index (χ2v) is 5.20. The number of halogens is 1. The number of nitrogens with one attached hydrogen (secondary N) is 1. The number of hydrazone groups is 1. The van der Waals surface area contributed by atoms with Gasteiger partial charge < -0.3 is 9.84 Å². The highest BCUT2D eigenvalue weighted by Crippen LogP contribution is 2.34. The number of phenols is 1. The van der Waals surface area contributed by atoms with Crippen LogP contribution in [0.4, 0.5) is 0 Å². The first kappa shape index (κ1) is 16.8. The zero-order chi connectivity index (χ0) is 16.8. The molecule has 0 aliphatic heterocycles. The van der Waals surface area contributed by atoms with Crippen LogP contribution in [0.1, 0.15) is 28.4 Å². The van der Waals surface area contributed by atoms with Gasteiger partial charge in [0.15, 0.2) is 11.5 Å². The molecule has 6 heteroatoms. The number of carbonyl (C=O) groups excluding carboxylic acids is 1. The van der Waals surface area contributed by atoms with Crippen molar-refractivity contribution in [2.75, 3.05) is 6.61 Å². The third-order valence-corrected chi connectivity index (χ3v) is 3.41. The van der Waals surface area contributed by atoms with Gasteiger partial charge >= 0.3 is 0 Å². The van der Waals surface area contributed by atoms with Gasteiger partial charge in [0.2, 0.25) is 0 Å². The summed E-state index contributed by atoms with van der Waals surface area (Å²) in [7, 11) is 0. The molecule has 0 bridgehead atoms. The molecule has 2 aromatic rings. The molecule has 0 unspecified atom stereocenters. The van der Waals surface area contributed by atoms with E-state index < -0.39 is 0 Å². The molecular weight excluding hydrogens is 316 g/mol. The molecule has 0 saturated carbocycles. The molecule has 0 saturated heterocycles. The Labute approximate surface area is 139 Å². The normalized spacial score (nSPS) is 10.7. The van der Waals surface area contributed by atoms with Crippen LogP contribution >= 0.6 is 11.6 Å². The first-order chi connectivity index (χ1) is 11.0. The molecule has 2 aromatic carbocycles.